The van der Waals surface area contributed by atoms with E-state index in [4.69, 9.17) is 9.84 Å². The van der Waals surface area contributed by atoms with E-state index in [0.717, 1.165) is 26.1 Å². The zero-order chi connectivity index (χ0) is 13.8. The summed E-state index contributed by atoms with van der Waals surface area (Å²) in [5, 5.41) is 12.4. The number of aromatic carboxylic acids is 1. The molecule has 1 aliphatic heterocycles. The molecule has 0 amide bonds. The molecule has 104 valence electrons. The summed E-state index contributed by atoms with van der Waals surface area (Å²) in [6.07, 6.45) is 2.07. The number of nitrogens with one attached hydrogen (secondary N) is 1. The summed E-state index contributed by atoms with van der Waals surface area (Å²) < 4.78 is 5.35. The summed E-state index contributed by atoms with van der Waals surface area (Å²) in [6, 6.07) is 3.43. The third-order valence-corrected chi connectivity index (χ3v) is 3.55. The summed E-state index contributed by atoms with van der Waals surface area (Å²) in [5.41, 5.74) is 0.982. The second-order valence-electron chi connectivity index (χ2n) is 5.07. The summed E-state index contributed by atoms with van der Waals surface area (Å²) in [5.74, 6) is 0.257. The maximum absolute atomic E-state index is 11.0. The Bertz CT molecular complexity index is 456. The lowest BCUT2D eigenvalue weighted by Gasteiger charge is -2.28. The molecule has 0 radical (unpaired) electrons. The van der Waals surface area contributed by atoms with E-state index in [1.165, 1.54) is 0 Å². The van der Waals surface area contributed by atoms with Crippen molar-refractivity contribution in [1.82, 2.24) is 4.98 Å². The molecule has 5 heteroatoms. The highest BCUT2D eigenvalue weighted by Crippen LogP contribution is 2.21. The van der Waals surface area contributed by atoms with Crippen molar-refractivity contribution in [3.8, 4) is 0 Å². The monoisotopic (exact) mass is 264 g/mol. The van der Waals surface area contributed by atoms with Gasteiger partial charge in [-0.3, -0.25) is 0 Å². The third-order valence-electron chi connectivity index (χ3n) is 3.55. The van der Waals surface area contributed by atoms with Crippen LogP contribution in [0.2, 0.25) is 0 Å². The van der Waals surface area contributed by atoms with Crippen LogP contribution in [0.4, 0.5) is 5.82 Å². The van der Waals surface area contributed by atoms with Crippen molar-refractivity contribution in [2.75, 3.05) is 18.5 Å². The first kappa shape index (κ1) is 13.8. The van der Waals surface area contributed by atoms with Gasteiger partial charge in [-0.1, -0.05) is 0 Å². The van der Waals surface area contributed by atoms with Crippen LogP contribution in [0.25, 0.3) is 0 Å². The SMILES string of the molecule is Cc1cc(C(=O)O)cc(NC(C)C2CCOCC2)n1. The van der Waals surface area contributed by atoms with Crippen LogP contribution in [0.3, 0.4) is 0 Å². The predicted molar refractivity (Wildman–Crippen MR) is 72.6 cm³/mol. The molecule has 2 heterocycles. The number of aryl methyl sites for hydroxylation is 1. The Morgan fingerprint density at radius 3 is 2.79 bits per heavy atom. The van der Waals surface area contributed by atoms with Gasteiger partial charge in [-0.05, 0) is 44.7 Å². The Morgan fingerprint density at radius 2 is 2.16 bits per heavy atom. The average Bonchev–Trinajstić information content (AvgIpc) is 2.39. The van der Waals surface area contributed by atoms with E-state index in [1.54, 1.807) is 19.1 Å². The molecular weight excluding hydrogens is 244 g/mol. The highest BCUT2D eigenvalue weighted by Gasteiger charge is 2.21. The number of pyridine rings is 1. The normalized spacial score (nSPS) is 18.0. The number of carboxylic acid groups (broad SMARTS) is 1. The van der Waals surface area contributed by atoms with Crippen LogP contribution in [0.5, 0.6) is 0 Å². The fraction of sp³-hybridized carbons (Fsp3) is 0.571. The lowest BCUT2D eigenvalue weighted by molar-refractivity contribution is 0.0622. The second kappa shape index (κ2) is 6.02. The zero-order valence-corrected chi connectivity index (χ0v) is 11.3. The highest BCUT2D eigenvalue weighted by molar-refractivity contribution is 5.88. The first-order valence-corrected chi connectivity index (χ1v) is 6.62. The Balaban J connectivity index is 2.07. The lowest BCUT2D eigenvalue weighted by atomic mass is 9.93. The van der Waals surface area contributed by atoms with E-state index < -0.39 is 5.97 Å². The van der Waals surface area contributed by atoms with E-state index in [1.807, 2.05) is 0 Å². The summed E-state index contributed by atoms with van der Waals surface area (Å²) in [4.78, 5) is 15.4. The maximum atomic E-state index is 11.0. The number of hydrogen-bond donors (Lipinski definition) is 2. The van der Waals surface area contributed by atoms with Gasteiger partial charge < -0.3 is 15.2 Å². The molecule has 1 aromatic rings. The van der Waals surface area contributed by atoms with Gasteiger partial charge in [0.05, 0.1) is 5.56 Å². The minimum atomic E-state index is -0.924. The van der Waals surface area contributed by atoms with Crippen LogP contribution in [0.1, 0.15) is 35.8 Å². The zero-order valence-electron chi connectivity index (χ0n) is 11.3. The fourth-order valence-electron chi connectivity index (χ4n) is 2.43. The molecule has 1 fully saturated rings. The topological polar surface area (TPSA) is 71.5 Å². The number of anilines is 1. The van der Waals surface area contributed by atoms with Gasteiger partial charge in [-0.2, -0.15) is 0 Å². The minimum absolute atomic E-state index is 0.264. The van der Waals surface area contributed by atoms with Crippen LogP contribution < -0.4 is 5.32 Å². The van der Waals surface area contributed by atoms with Crippen molar-refractivity contribution in [3.63, 3.8) is 0 Å². The van der Waals surface area contributed by atoms with Crippen LogP contribution in [0, 0.1) is 12.8 Å². The van der Waals surface area contributed by atoms with E-state index in [2.05, 4.69) is 17.2 Å². The van der Waals surface area contributed by atoms with E-state index >= 15 is 0 Å². The summed E-state index contributed by atoms with van der Waals surface area (Å²) >= 11 is 0. The van der Waals surface area contributed by atoms with Crippen molar-refractivity contribution < 1.29 is 14.6 Å². The molecule has 0 spiro atoms. The molecule has 0 aliphatic carbocycles. The van der Waals surface area contributed by atoms with Crippen molar-refractivity contribution in [2.45, 2.75) is 32.7 Å². The van der Waals surface area contributed by atoms with Gasteiger partial charge in [0.2, 0.25) is 0 Å². The number of hydrogen-bond acceptors (Lipinski definition) is 4. The van der Waals surface area contributed by atoms with E-state index in [0.29, 0.717) is 17.4 Å². The Morgan fingerprint density at radius 1 is 1.47 bits per heavy atom. The molecular formula is C14H20N2O3. The van der Waals surface area contributed by atoms with Crippen LogP contribution in [-0.2, 0) is 4.74 Å². The molecule has 1 aromatic heterocycles. The Hall–Kier alpha value is -1.62. The smallest absolute Gasteiger partial charge is 0.335 e. The molecule has 1 saturated heterocycles. The number of aromatic nitrogens is 1. The molecule has 19 heavy (non-hydrogen) atoms. The summed E-state index contributed by atoms with van der Waals surface area (Å²) in [6.45, 7) is 5.52. The lowest BCUT2D eigenvalue weighted by Crippen LogP contribution is -2.31. The van der Waals surface area contributed by atoms with Gasteiger partial charge in [-0.25, -0.2) is 9.78 Å². The van der Waals surface area contributed by atoms with Gasteiger partial charge in [0.1, 0.15) is 5.82 Å². The van der Waals surface area contributed by atoms with Gasteiger partial charge in [0, 0.05) is 24.9 Å². The number of nitrogens with zero attached hydrogens (tertiary/aromatic N) is 1. The molecule has 0 aromatic carbocycles. The molecule has 0 bridgehead atoms. The molecule has 2 N–H and O–H groups in total. The number of carbonyl (C=O) groups is 1. The quantitative estimate of drug-likeness (QED) is 0.873. The van der Waals surface area contributed by atoms with Crippen molar-refractivity contribution >= 4 is 11.8 Å². The molecule has 1 aliphatic rings. The molecule has 1 unspecified atom stereocenters. The van der Waals surface area contributed by atoms with E-state index in [9.17, 15) is 4.79 Å². The van der Waals surface area contributed by atoms with Crippen molar-refractivity contribution in [3.05, 3.63) is 23.4 Å². The first-order chi connectivity index (χ1) is 9.06. The van der Waals surface area contributed by atoms with Gasteiger partial charge >= 0.3 is 5.97 Å². The number of ether oxygens (including phenoxy) is 1. The summed E-state index contributed by atoms with van der Waals surface area (Å²) in [7, 11) is 0. The van der Waals surface area contributed by atoms with Crippen molar-refractivity contribution in [2.24, 2.45) is 5.92 Å². The van der Waals surface area contributed by atoms with Crippen LogP contribution >= 0.6 is 0 Å². The van der Waals surface area contributed by atoms with Crippen molar-refractivity contribution in [1.29, 1.82) is 0 Å². The molecule has 5 nitrogen and oxygen atoms in total. The highest BCUT2D eigenvalue weighted by atomic mass is 16.5. The standard InChI is InChI=1S/C14H20N2O3/c1-9-7-12(14(17)18)8-13(15-9)16-10(2)11-3-5-19-6-4-11/h7-8,10-11H,3-6H2,1-2H3,(H,15,16)(H,17,18). The first-order valence-electron chi connectivity index (χ1n) is 6.62. The van der Waals surface area contributed by atoms with Crippen LogP contribution in [0.15, 0.2) is 12.1 Å². The number of rotatable bonds is 4. The average molecular weight is 264 g/mol. The largest absolute Gasteiger partial charge is 0.478 e. The van der Waals surface area contributed by atoms with Crippen LogP contribution in [-0.4, -0.2) is 35.3 Å². The minimum Gasteiger partial charge on any atom is -0.478 e. The third kappa shape index (κ3) is 3.67. The Kier molecular flexibility index (Phi) is 4.37. The molecule has 2 rings (SSSR count). The second-order valence-corrected chi connectivity index (χ2v) is 5.07. The van der Waals surface area contributed by atoms with E-state index in [-0.39, 0.29) is 11.6 Å². The van der Waals surface area contributed by atoms with Gasteiger partial charge in [0.15, 0.2) is 0 Å². The Labute approximate surface area is 113 Å². The predicted octanol–water partition coefficient (Wildman–Crippen LogP) is 2.32. The van der Waals surface area contributed by atoms with Gasteiger partial charge in [-0.15, -0.1) is 0 Å². The fourth-order valence-corrected chi connectivity index (χ4v) is 2.43. The molecule has 1 atom stereocenters. The number of carboxylic acids is 1. The maximum Gasteiger partial charge on any atom is 0.335 e. The molecule has 0 saturated carbocycles. The van der Waals surface area contributed by atoms with Gasteiger partial charge in [0.25, 0.3) is 0 Å².